The molecule has 4 amide bonds. The Morgan fingerprint density at radius 3 is 2.00 bits per heavy atom. The Balaban J connectivity index is 2.29. The molecule has 1 heterocycles. The third kappa shape index (κ3) is 12.7. The number of benzene rings is 1. The van der Waals surface area contributed by atoms with Crippen LogP contribution in [0, 0.1) is 23.7 Å². The number of carbonyl (C=O) groups is 5. The number of nitrogens with one attached hydrogen (secondary N) is 2. The van der Waals surface area contributed by atoms with E-state index in [1.165, 1.54) is 7.11 Å². The average molecular weight is 774 g/mol. The quantitative estimate of drug-likeness (QED) is 0.157. The van der Waals surface area contributed by atoms with E-state index in [0.717, 1.165) is 12.0 Å². The number of amides is 4. The van der Waals surface area contributed by atoms with Crippen LogP contribution in [0.4, 0.5) is 0 Å². The first-order valence-corrected chi connectivity index (χ1v) is 20.0. The Labute approximate surface area is 330 Å². The first kappa shape index (κ1) is 47.6. The van der Waals surface area contributed by atoms with Gasteiger partial charge in [-0.3, -0.25) is 24.1 Å². The number of aliphatic carboxylic acids is 1. The van der Waals surface area contributed by atoms with Crippen LogP contribution >= 0.6 is 0 Å². The summed E-state index contributed by atoms with van der Waals surface area (Å²) in [5.74, 6) is -3.21. The summed E-state index contributed by atoms with van der Waals surface area (Å²) in [5.41, 5.74) is 0.785. The summed E-state index contributed by atoms with van der Waals surface area (Å²) in [6, 6.07) is 6.00. The van der Waals surface area contributed by atoms with Crippen LogP contribution < -0.4 is 10.6 Å². The maximum absolute atomic E-state index is 14.3. The van der Waals surface area contributed by atoms with E-state index < -0.39 is 60.2 Å². The molecule has 1 aliphatic rings. The number of hydrogen-bond donors (Lipinski definition) is 3. The molecule has 312 valence electrons. The van der Waals surface area contributed by atoms with Crippen molar-refractivity contribution in [3.8, 4) is 0 Å². The fourth-order valence-corrected chi connectivity index (χ4v) is 7.91. The molecular formula is C42H71N5O8. The van der Waals surface area contributed by atoms with Crippen molar-refractivity contribution < 1.29 is 38.6 Å². The first-order chi connectivity index (χ1) is 25.8. The Kier molecular flexibility index (Phi) is 19.3. The highest BCUT2D eigenvalue weighted by Gasteiger charge is 2.43. The average Bonchev–Trinajstić information content (AvgIpc) is 3.62. The second-order valence-corrected chi connectivity index (χ2v) is 16.4. The van der Waals surface area contributed by atoms with Crippen molar-refractivity contribution in [3.63, 3.8) is 0 Å². The summed E-state index contributed by atoms with van der Waals surface area (Å²) < 4.78 is 11.9. The highest BCUT2D eigenvalue weighted by Crippen LogP contribution is 2.30. The zero-order valence-corrected chi connectivity index (χ0v) is 35.7. The van der Waals surface area contributed by atoms with Crippen LogP contribution in [-0.4, -0.2) is 133 Å². The van der Waals surface area contributed by atoms with Crippen molar-refractivity contribution in [2.45, 2.75) is 143 Å². The summed E-state index contributed by atoms with van der Waals surface area (Å²) in [4.78, 5) is 73.3. The molecule has 0 aromatic heterocycles. The largest absolute Gasteiger partial charge is 0.480 e. The molecule has 0 aliphatic carbocycles. The van der Waals surface area contributed by atoms with E-state index in [0.29, 0.717) is 19.4 Å². The number of nitrogens with zero attached hydrogens (tertiary/aromatic N) is 3. The third-order valence-corrected chi connectivity index (χ3v) is 11.5. The van der Waals surface area contributed by atoms with Gasteiger partial charge in [-0.25, -0.2) is 4.79 Å². The molecule has 0 bridgehead atoms. The number of methoxy groups -OCH3 is 2. The second kappa shape index (κ2) is 22.3. The number of hydrogen-bond acceptors (Lipinski definition) is 8. The predicted octanol–water partition coefficient (Wildman–Crippen LogP) is 4.22. The Morgan fingerprint density at radius 2 is 1.51 bits per heavy atom. The lowest BCUT2D eigenvalue weighted by atomic mass is 9.89. The highest BCUT2D eigenvalue weighted by atomic mass is 16.5. The molecular weight excluding hydrogens is 702 g/mol. The maximum atomic E-state index is 14.3. The molecule has 9 unspecified atom stereocenters. The van der Waals surface area contributed by atoms with E-state index in [2.05, 4.69) is 10.6 Å². The lowest BCUT2D eigenvalue weighted by molar-refractivity contribution is -0.148. The van der Waals surface area contributed by atoms with Crippen LogP contribution in [0.5, 0.6) is 0 Å². The molecule has 1 aliphatic heterocycles. The molecule has 55 heavy (non-hydrogen) atoms. The minimum absolute atomic E-state index is 0.0118. The SMILES string of the molecule is CCC(C)C(C(CC(=O)N1CCCC1C(OC)C(C)C(=O)NC(Cc1ccccc1)C(=O)O)OC)N(C)C(=O)C(NC(=O)C(C(C)C)N(C)C(C)C)C(C)C. The van der Waals surface area contributed by atoms with E-state index in [9.17, 15) is 29.1 Å². The van der Waals surface area contributed by atoms with Crippen molar-refractivity contribution in [1.29, 1.82) is 0 Å². The number of carboxylic acids is 1. The Morgan fingerprint density at radius 1 is 0.891 bits per heavy atom. The summed E-state index contributed by atoms with van der Waals surface area (Å²) >= 11 is 0. The Bertz CT molecular complexity index is 1390. The molecule has 13 heteroatoms. The van der Waals surface area contributed by atoms with Crippen LogP contribution in [0.25, 0.3) is 0 Å². The molecule has 2 rings (SSSR count). The fraction of sp³-hybridized carbons (Fsp3) is 0.738. The van der Waals surface area contributed by atoms with Gasteiger partial charge in [0.25, 0.3) is 0 Å². The molecule has 1 aromatic rings. The minimum atomic E-state index is -1.14. The number of carboxylic acid groups (broad SMARTS) is 1. The van der Waals surface area contributed by atoms with Crippen LogP contribution in [0.15, 0.2) is 30.3 Å². The van der Waals surface area contributed by atoms with Gasteiger partial charge in [0.15, 0.2) is 0 Å². The van der Waals surface area contributed by atoms with Gasteiger partial charge in [-0.15, -0.1) is 0 Å². The normalized spacial score (nSPS) is 19.1. The van der Waals surface area contributed by atoms with Crippen molar-refractivity contribution in [3.05, 3.63) is 35.9 Å². The smallest absolute Gasteiger partial charge is 0.326 e. The van der Waals surface area contributed by atoms with Gasteiger partial charge in [0.2, 0.25) is 23.6 Å². The summed E-state index contributed by atoms with van der Waals surface area (Å²) in [6.45, 7) is 18.1. The van der Waals surface area contributed by atoms with Gasteiger partial charge in [-0.2, -0.15) is 0 Å². The molecule has 0 spiro atoms. The molecule has 1 saturated heterocycles. The van der Waals surface area contributed by atoms with Gasteiger partial charge >= 0.3 is 5.97 Å². The standard InChI is InChI=1S/C42H71N5O8/c1-14-28(8)37(46(11)41(51)35(25(2)3)44-40(50)36(26(4)5)45(10)27(6)7)33(54-12)24-34(48)47-22-18-21-32(47)38(55-13)29(9)39(49)43-31(42(52)53)23-30-19-16-15-17-20-30/h15-17,19-20,25-29,31-33,35-38H,14,18,21-24H2,1-13H3,(H,43,49)(H,44,50)(H,52,53). The van der Waals surface area contributed by atoms with Crippen LogP contribution in [0.2, 0.25) is 0 Å². The van der Waals surface area contributed by atoms with Crippen molar-refractivity contribution in [2.75, 3.05) is 34.9 Å². The van der Waals surface area contributed by atoms with E-state index in [1.54, 1.807) is 30.9 Å². The van der Waals surface area contributed by atoms with E-state index in [-0.39, 0.29) is 54.4 Å². The predicted molar refractivity (Wildman–Crippen MR) is 214 cm³/mol. The van der Waals surface area contributed by atoms with E-state index in [4.69, 9.17) is 9.47 Å². The minimum Gasteiger partial charge on any atom is -0.480 e. The molecule has 0 saturated carbocycles. The molecule has 1 fully saturated rings. The number of likely N-dealkylation sites (N-methyl/N-ethyl adjacent to an activating group) is 2. The van der Waals surface area contributed by atoms with Gasteiger partial charge in [-0.1, -0.05) is 85.2 Å². The van der Waals surface area contributed by atoms with Gasteiger partial charge in [0.1, 0.15) is 12.1 Å². The highest BCUT2D eigenvalue weighted by molar-refractivity contribution is 5.90. The van der Waals surface area contributed by atoms with Crippen molar-refractivity contribution in [1.82, 2.24) is 25.3 Å². The van der Waals surface area contributed by atoms with Crippen LogP contribution in [0.1, 0.15) is 93.6 Å². The first-order valence-electron chi connectivity index (χ1n) is 20.0. The topological polar surface area (TPSA) is 158 Å². The van der Waals surface area contributed by atoms with E-state index in [1.807, 2.05) is 97.7 Å². The number of likely N-dealkylation sites (tertiary alicyclic amines) is 1. The molecule has 1 aromatic carbocycles. The van der Waals surface area contributed by atoms with Gasteiger partial charge in [0, 0.05) is 40.3 Å². The van der Waals surface area contributed by atoms with Gasteiger partial charge in [0.05, 0.1) is 42.7 Å². The molecule has 0 radical (unpaired) electrons. The zero-order chi connectivity index (χ0) is 41.7. The van der Waals surface area contributed by atoms with Crippen molar-refractivity contribution >= 4 is 29.6 Å². The van der Waals surface area contributed by atoms with Gasteiger partial charge in [-0.05, 0) is 57.1 Å². The van der Waals surface area contributed by atoms with E-state index >= 15 is 0 Å². The summed E-state index contributed by atoms with van der Waals surface area (Å²) in [5, 5.41) is 15.7. The van der Waals surface area contributed by atoms with Crippen LogP contribution in [0.3, 0.4) is 0 Å². The zero-order valence-electron chi connectivity index (χ0n) is 35.7. The number of carbonyl (C=O) groups excluding carboxylic acids is 4. The lowest BCUT2D eigenvalue weighted by Gasteiger charge is -2.41. The molecule has 3 N–H and O–H groups in total. The maximum Gasteiger partial charge on any atom is 0.326 e. The fourth-order valence-electron chi connectivity index (χ4n) is 7.91. The monoisotopic (exact) mass is 774 g/mol. The lowest BCUT2D eigenvalue weighted by Crippen LogP contribution is -2.60. The second-order valence-electron chi connectivity index (χ2n) is 16.4. The summed E-state index contributed by atoms with van der Waals surface area (Å²) in [7, 11) is 6.69. The Hall–Kier alpha value is -3.55. The van der Waals surface area contributed by atoms with Crippen LogP contribution in [-0.2, 0) is 39.9 Å². The number of ether oxygens (including phenoxy) is 2. The van der Waals surface area contributed by atoms with Gasteiger partial charge < -0.3 is 35.0 Å². The van der Waals surface area contributed by atoms with Crippen molar-refractivity contribution in [2.24, 2.45) is 23.7 Å². The number of rotatable bonds is 22. The summed E-state index contributed by atoms with van der Waals surface area (Å²) in [6.07, 6.45) is 0.808. The molecule has 13 nitrogen and oxygen atoms in total. The molecule has 9 atom stereocenters. The third-order valence-electron chi connectivity index (χ3n) is 11.5.